The molecule has 2 heterocycles. The number of anilines is 1. The Morgan fingerprint density at radius 1 is 1.23 bits per heavy atom. The Kier molecular flexibility index (Phi) is 6.19. The second-order valence-corrected chi connectivity index (χ2v) is 7.00. The molecule has 6 nitrogen and oxygen atoms in total. The summed E-state index contributed by atoms with van der Waals surface area (Å²) in [5.41, 5.74) is 0.543. The van der Waals surface area contributed by atoms with E-state index in [1.807, 2.05) is 4.90 Å². The highest BCUT2D eigenvalue weighted by Gasteiger charge is 2.32. The molecular weight excluding hydrogens is 377 g/mol. The smallest absolute Gasteiger partial charge is 0.241 e. The number of carbonyl (C=O) groups is 2. The second kappa shape index (κ2) is 8.58. The van der Waals surface area contributed by atoms with E-state index < -0.39 is 0 Å². The van der Waals surface area contributed by atoms with Gasteiger partial charge in [-0.2, -0.15) is 0 Å². The molecule has 1 aliphatic heterocycles. The molecule has 0 spiro atoms. The van der Waals surface area contributed by atoms with Gasteiger partial charge in [0.1, 0.15) is 5.76 Å². The van der Waals surface area contributed by atoms with Crippen LogP contribution in [-0.4, -0.2) is 35.8 Å². The fourth-order valence-electron chi connectivity index (χ4n) is 3.00. The molecule has 2 amide bonds. The number of hydrogen-bond donors (Lipinski definition) is 2. The molecule has 8 heteroatoms. The largest absolute Gasteiger partial charge is 0.467 e. The zero-order valence-electron chi connectivity index (χ0n) is 14.0. The maximum atomic E-state index is 12.6. The van der Waals surface area contributed by atoms with Gasteiger partial charge in [0.25, 0.3) is 0 Å². The van der Waals surface area contributed by atoms with Crippen molar-refractivity contribution in [3.63, 3.8) is 0 Å². The summed E-state index contributed by atoms with van der Waals surface area (Å²) in [6.07, 6.45) is 3.12. The highest BCUT2D eigenvalue weighted by atomic mass is 35.5. The highest BCUT2D eigenvalue weighted by Crippen LogP contribution is 2.24. The zero-order valence-corrected chi connectivity index (χ0v) is 15.5. The molecule has 1 aromatic heterocycles. The first-order valence-electron chi connectivity index (χ1n) is 8.31. The van der Waals surface area contributed by atoms with Crippen molar-refractivity contribution >= 4 is 40.7 Å². The molecule has 1 aliphatic rings. The predicted molar refractivity (Wildman–Crippen MR) is 100 cm³/mol. The van der Waals surface area contributed by atoms with Gasteiger partial charge in [-0.3, -0.25) is 14.5 Å². The number of nitrogens with zero attached hydrogens (tertiary/aromatic N) is 1. The Morgan fingerprint density at radius 3 is 2.69 bits per heavy atom. The molecule has 2 N–H and O–H groups in total. The van der Waals surface area contributed by atoms with Crippen LogP contribution < -0.4 is 10.6 Å². The van der Waals surface area contributed by atoms with Gasteiger partial charge in [-0.15, -0.1) is 0 Å². The number of hydrogen-bond acceptors (Lipinski definition) is 4. The average Bonchev–Trinajstić information content (AvgIpc) is 3.23. The number of rotatable bonds is 6. The van der Waals surface area contributed by atoms with E-state index in [9.17, 15) is 9.59 Å². The number of carbonyl (C=O) groups excluding carboxylic acids is 2. The van der Waals surface area contributed by atoms with Crippen molar-refractivity contribution in [2.45, 2.75) is 25.4 Å². The van der Waals surface area contributed by atoms with Crippen LogP contribution in [0.15, 0.2) is 41.0 Å². The SMILES string of the molecule is O=C(CN1CCC[C@H]1C(=O)Nc1cc(Cl)cc(Cl)c1)NCc1ccco1. The van der Waals surface area contributed by atoms with Crippen molar-refractivity contribution in [1.82, 2.24) is 10.2 Å². The number of benzene rings is 1. The lowest BCUT2D eigenvalue weighted by Crippen LogP contribution is -2.44. The molecule has 1 saturated heterocycles. The summed E-state index contributed by atoms with van der Waals surface area (Å²) in [5.74, 6) is 0.374. The maximum Gasteiger partial charge on any atom is 0.241 e. The van der Waals surface area contributed by atoms with Crippen molar-refractivity contribution in [2.75, 3.05) is 18.4 Å². The van der Waals surface area contributed by atoms with Gasteiger partial charge in [-0.05, 0) is 49.7 Å². The van der Waals surface area contributed by atoms with E-state index in [0.29, 0.717) is 41.0 Å². The minimum atomic E-state index is -0.359. The van der Waals surface area contributed by atoms with Crippen LogP contribution in [0.3, 0.4) is 0 Å². The van der Waals surface area contributed by atoms with Crippen molar-refractivity contribution in [3.8, 4) is 0 Å². The quantitative estimate of drug-likeness (QED) is 0.786. The average molecular weight is 396 g/mol. The minimum Gasteiger partial charge on any atom is -0.467 e. The van der Waals surface area contributed by atoms with E-state index in [-0.39, 0.29) is 24.4 Å². The maximum absolute atomic E-state index is 12.6. The van der Waals surface area contributed by atoms with E-state index >= 15 is 0 Å². The first-order valence-corrected chi connectivity index (χ1v) is 9.07. The van der Waals surface area contributed by atoms with Crippen molar-refractivity contribution in [1.29, 1.82) is 0 Å². The molecule has 2 aromatic rings. The standard InChI is InChI=1S/C18H19Cl2N3O3/c19-12-7-13(20)9-14(8-12)22-18(25)16-4-1-5-23(16)11-17(24)21-10-15-3-2-6-26-15/h2-3,6-9,16H,1,4-5,10-11H2,(H,21,24)(H,22,25)/t16-/m0/s1. The van der Waals surface area contributed by atoms with Crippen LogP contribution in [0.25, 0.3) is 0 Å². The molecule has 0 radical (unpaired) electrons. The fraction of sp³-hybridized carbons (Fsp3) is 0.333. The molecule has 0 saturated carbocycles. The van der Waals surface area contributed by atoms with Gasteiger partial charge in [0.15, 0.2) is 0 Å². The van der Waals surface area contributed by atoms with Crippen molar-refractivity contribution in [3.05, 3.63) is 52.4 Å². The normalized spacial score (nSPS) is 17.2. The molecule has 0 aliphatic carbocycles. The molecule has 26 heavy (non-hydrogen) atoms. The number of furan rings is 1. The van der Waals surface area contributed by atoms with E-state index in [1.54, 1.807) is 36.6 Å². The van der Waals surface area contributed by atoms with Crippen LogP contribution >= 0.6 is 23.2 Å². The Morgan fingerprint density at radius 2 is 2.00 bits per heavy atom. The number of nitrogens with one attached hydrogen (secondary N) is 2. The van der Waals surface area contributed by atoms with E-state index in [0.717, 1.165) is 6.42 Å². The third kappa shape index (κ3) is 5.00. The third-order valence-corrected chi connectivity index (χ3v) is 4.62. The van der Waals surface area contributed by atoms with E-state index in [1.165, 1.54) is 0 Å². The van der Waals surface area contributed by atoms with Gasteiger partial charge >= 0.3 is 0 Å². The highest BCUT2D eigenvalue weighted by molar-refractivity contribution is 6.35. The van der Waals surface area contributed by atoms with Gasteiger partial charge in [-0.25, -0.2) is 0 Å². The molecular formula is C18H19Cl2N3O3. The number of likely N-dealkylation sites (tertiary alicyclic amines) is 1. The lowest BCUT2D eigenvalue weighted by atomic mass is 10.2. The molecule has 0 bridgehead atoms. The van der Waals surface area contributed by atoms with E-state index in [2.05, 4.69) is 10.6 Å². The zero-order chi connectivity index (χ0) is 18.5. The first kappa shape index (κ1) is 18.8. The predicted octanol–water partition coefficient (Wildman–Crippen LogP) is 3.31. The van der Waals surface area contributed by atoms with Gasteiger partial charge in [0.05, 0.1) is 25.4 Å². The summed E-state index contributed by atoms with van der Waals surface area (Å²) in [4.78, 5) is 26.6. The van der Waals surface area contributed by atoms with Gasteiger partial charge < -0.3 is 15.1 Å². The summed E-state index contributed by atoms with van der Waals surface area (Å²) in [5, 5.41) is 6.53. The summed E-state index contributed by atoms with van der Waals surface area (Å²) in [7, 11) is 0. The van der Waals surface area contributed by atoms with Gasteiger partial charge in [-0.1, -0.05) is 23.2 Å². The van der Waals surface area contributed by atoms with Gasteiger partial charge in [0, 0.05) is 15.7 Å². The Labute approximate surface area is 161 Å². The van der Waals surface area contributed by atoms with Crippen LogP contribution in [0.1, 0.15) is 18.6 Å². The lowest BCUT2D eigenvalue weighted by molar-refractivity contribution is -0.125. The molecule has 138 valence electrons. The number of halogens is 2. The monoisotopic (exact) mass is 395 g/mol. The fourth-order valence-corrected chi connectivity index (χ4v) is 3.53. The second-order valence-electron chi connectivity index (χ2n) is 6.13. The summed E-state index contributed by atoms with van der Waals surface area (Å²) in [6.45, 7) is 1.19. The molecule has 1 aromatic carbocycles. The minimum absolute atomic E-state index is 0.146. The van der Waals surface area contributed by atoms with E-state index in [4.69, 9.17) is 27.6 Å². The summed E-state index contributed by atoms with van der Waals surface area (Å²) < 4.78 is 5.18. The molecule has 1 fully saturated rings. The summed E-state index contributed by atoms with van der Waals surface area (Å²) in [6, 6.07) is 8.08. The Bertz CT molecular complexity index is 760. The van der Waals surface area contributed by atoms with Crippen LogP contribution in [0, 0.1) is 0 Å². The van der Waals surface area contributed by atoms with Crippen molar-refractivity contribution in [2.24, 2.45) is 0 Å². The molecule has 1 atom stereocenters. The van der Waals surface area contributed by atoms with Gasteiger partial charge in [0.2, 0.25) is 11.8 Å². The van der Waals surface area contributed by atoms with Crippen LogP contribution in [0.4, 0.5) is 5.69 Å². The molecule has 3 rings (SSSR count). The Hall–Kier alpha value is -2.02. The third-order valence-electron chi connectivity index (χ3n) is 4.18. The number of amides is 2. The van der Waals surface area contributed by atoms with Crippen LogP contribution in [0.5, 0.6) is 0 Å². The molecule has 0 unspecified atom stereocenters. The topological polar surface area (TPSA) is 74.6 Å². The lowest BCUT2D eigenvalue weighted by Gasteiger charge is -2.23. The Balaban J connectivity index is 1.55. The van der Waals surface area contributed by atoms with Crippen molar-refractivity contribution < 1.29 is 14.0 Å². The van der Waals surface area contributed by atoms with Crippen LogP contribution in [0.2, 0.25) is 10.0 Å². The first-order chi connectivity index (χ1) is 12.5. The van der Waals surface area contributed by atoms with Crippen LogP contribution in [-0.2, 0) is 16.1 Å². The summed E-state index contributed by atoms with van der Waals surface area (Å²) >= 11 is 11.9.